The van der Waals surface area contributed by atoms with Crippen LogP contribution in [0.2, 0.25) is 0 Å². The molecule has 2 bridgehead atoms. The van der Waals surface area contributed by atoms with E-state index < -0.39 is 0 Å². The highest BCUT2D eigenvalue weighted by Gasteiger charge is 2.50. The lowest BCUT2D eigenvalue weighted by molar-refractivity contribution is 0.188. The standard InChI is InChI=1S/C62H62B6N2S/c1-57(2,3)34-13-16-36(17-14-34)69-44-20-15-35(58(4,5)6)29-43(44)68-54-45(69)27-33(48-49(63)51(65)53(67)52(66)50(48)64)28-46(54)70(37-18-19-39-40(30-37)60(9,10)22-21-59(39,7)8)55-38-31-41-42(32-47(38)71-56(55)68)62(12)25-23-61(41,11)24-26-62/h13-20,27-32H,21-26H2,1-12H3. The number of rotatable bonds is 3. The highest BCUT2D eigenvalue weighted by Crippen LogP contribution is 2.59. The van der Waals surface area contributed by atoms with Crippen LogP contribution in [0.4, 0.5) is 34.1 Å². The molecule has 344 valence electrons. The molecule has 3 heterocycles. The number of benzene rings is 6. The van der Waals surface area contributed by atoms with Gasteiger partial charge in [0, 0.05) is 43.3 Å². The van der Waals surface area contributed by atoms with Gasteiger partial charge in [-0.15, -0.1) is 27.7 Å². The van der Waals surface area contributed by atoms with Gasteiger partial charge in [0.15, 0.2) is 0 Å². The molecular weight excluding hydrogens is 870 g/mol. The van der Waals surface area contributed by atoms with Crippen molar-refractivity contribution in [1.82, 2.24) is 0 Å². The number of fused-ring (bicyclic) bond motifs is 9. The number of anilines is 6. The van der Waals surface area contributed by atoms with Crippen molar-refractivity contribution < 1.29 is 0 Å². The Morgan fingerprint density at radius 3 is 1.61 bits per heavy atom. The zero-order valence-corrected chi connectivity index (χ0v) is 44.9. The maximum absolute atomic E-state index is 7.09. The van der Waals surface area contributed by atoms with E-state index in [-0.39, 0.29) is 55.6 Å². The first-order valence-electron chi connectivity index (χ1n) is 26.0. The van der Waals surface area contributed by atoms with Crippen molar-refractivity contribution in [3.63, 3.8) is 0 Å². The van der Waals surface area contributed by atoms with Gasteiger partial charge in [-0.1, -0.05) is 124 Å². The maximum atomic E-state index is 7.09. The first kappa shape index (κ1) is 47.3. The summed E-state index contributed by atoms with van der Waals surface area (Å²) in [5, 5.41) is 1.32. The van der Waals surface area contributed by atoms with Gasteiger partial charge in [0.25, 0.3) is 6.71 Å². The highest BCUT2D eigenvalue weighted by atomic mass is 32.1. The predicted octanol–water partition coefficient (Wildman–Crippen LogP) is 9.67. The summed E-state index contributed by atoms with van der Waals surface area (Å²) >= 11 is 2.01. The topological polar surface area (TPSA) is 6.48 Å². The second-order valence-corrected chi connectivity index (χ2v) is 27.2. The van der Waals surface area contributed by atoms with Crippen molar-refractivity contribution in [2.24, 2.45) is 0 Å². The van der Waals surface area contributed by atoms with Crippen LogP contribution < -0.4 is 52.8 Å². The van der Waals surface area contributed by atoms with Gasteiger partial charge >= 0.3 is 0 Å². The monoisotopic (exact) mass is 933 g/mol. The van der Waals surface area contributed by atoms with Crippen LogP contribution in [0.3, 0.4) is 0 Å². The molecule has 13 rings (SSSR count). The van der Waals surface area contributed by atoms with E-state index in [0.717, 1.165) is 46.8 Å². The van der Waals surface area contributed by atoms with Crippen LogP contribution in [-0.4, -0.2) is 45.9 Å². The third-order valence-electron chi connectivity index (χ3n) is 18.5. The normalized spacial score (nSPS) is 21.4. The molecule has 6 aliphatic rings. The lowest BCUT2D eigenvalue weighted by Crippen LogP contribution is -2.60. The summed E-state index contributed by atoms with van der Waals surface area (Å²) in [4.78, 5) is 5.11. The third kappa shape index (κ3) is 6.78. The summed E-state index contributed by atoms with van der Waals surface area (Å²) in [5.74, 6) is 0. The second kappa shape index (κ2) is 15.2. The van der Waals surface area contributed by atoms with Crippen molar-refractivity contribution in [2.75, 3.05) is 9.80 Å². The lowest BCUT2D eigenvalue weighted by Gasteiger charge is -2.52. The highest BCUT2D eigenvalue weighted by molar-refractivity contribution is 7.33. The minimum atomic E-state index is -0.0815. The van der Waals surface area contributed by atoms with Gasteiger partial charge in [0.1, 0.15) is 39.2 Å². The molecule has 0 saturated heterocycles. The van der Waals surface area contributed by atoms with Crippen molar-refractivity contribution in [3.8, 4) is 11.1 Å². The maximum Gasteiger partial charge on any atom is 0.264 e. The molecule has 9 heteroatoms. The van der Waals surface area contributed by atoms with Crippen molar-refractivity contribution in [2.45, 2.75) is 154 Å². The zero-order valence-electron chi connectivity index (χ0n) is 44.1. The molecule has 7 aromatic rings. The van der Waals surface area contributed by atoms with E-state index in [9.17, 15) is 0 Å². The molecule has 2 aliphatic heterocycles. The zero-order chi connectivity index (χ0) is 50.4. The number of thiophene rings is 1. The molecule has 0 N–H and O–H groups in total. The van der Waals surface area contributed by atoms with Crippen molar-refractivity contribution in [3.05, 3.63) is 118 Å². The Morgan fingerprint density at radius 2 is 1.01 bits per heavy atom. The summed E-state index contributed by atoms with van der Waals surface area (Å²) < 4.78 is 2.73. The number of nitrogens with zero attached hydrogens (tertiary/aromatic N) is 2. The van der Waals surface area contributed by atoms with Crippen molar-refractivity contribution >= 4 is 145 Å². The molecule has 0 atom stereocenters. The van der Waals surface area contributed by atoms with E-state index in [0.29, 0.717) is 16.5 Å². The summed E-state index contributed by atoms with van der Waals surface area (Å²) in [6, 6.07) is 33.7. The van der Waals surface area contributed by atoms with Gasteiger partial charge < -0.3 is 9.80 Å². The number of hydrogen-bond acceptors (Lipinski definition) is 3. The first-order chi connectivity index (χ1) is 33.2. The Kier molecular flexibility index (Phi) is 10.1. The molecule has 2 nitrogen and oxygen atoms in total. The fraction of sp³-hybridized carbons (Fsp3) is 0.387. The lowest BCUT2D eigenvalue weighted by atomic mass is 9.36. The van der Waals surface area contributed by atoms with Gasteiger partial charge in [-0.25, -0.2) is 0 Å². The van der Waals surface area contributed by atoms with Gasteiger partial charge in [-0.3, -0.25) is 0 Å². The van der Waals surface area contributed by atoms with Crippen LogP contribution in [0.1, 0.15) is 155 Å². The molecule has 71 heavy (non-hydrogen) atoms. The van der Waals surface area contributed by atoms with Gasteiger partial charge in [0.2, 0.25) is 0 Å². The van der Waals surface area contributed by atoms with E-state index in [4.69, 9.17) is 39.2 Å². The molecule has 1 fully saturated rings. The van der Waals surface area contributed by atoms with Crippen LogP contribution in [0.25, 0.3) is 21.2 Å². The largest absolute Gasteiger partial charge is 0.311 e. The smallest absolute Gasteiger partial charge is 0.264 e. The van der Waals surface area contributed by atoms with Crippen LogP contribution in [-0.2, 0) is 32.5 Å². The summed E-state index contributed by atoms with van der Waals surface area (Å²) in [7, 11) is 34.2. The molecule has 4 aliphatic carbocycles. The summed E-state index contributed by atoms with van der Waals surface area (Å²) in [6.07, 6.45) is 7.18. The summed E-state index contributed by atoms with van der Waals surface area (Å²) in [5.41, 5.74) is 21.0. The molecule has 0 spiro atoms. The van der Waals surface area contributed by atoms with Gasteiger partial charge in [-0.05, 0) is 181 Å². The molecule has 6 aromatic carbocycles. The Hall–Kier alpha value is -4.73. The molecule has 1 aromatic heterocycles. The van der Waals surface area contributed by atoms with Crippen LogP contribution >= 0.6 is 11.3 Å². The quantitative estimate of drug-likeness (QED) is 0.163. The minimum absolute atomic E-state index is 0.0113. The van der Waals surface area contributed by atoms with E-state index in [2.05, 4.69) is 178 Å². The number of hydrogen-bond donors (Lipinski definition) is 0. The van der Waals surface area contributed by atoms with E-state index in [1.54, 1.807) is 5.56 Å². The fourth-order valence-corrected chi connectivity index (χ4v) is 14.9. The van der Waals surface area contributed by atoms with Crippen LogP contribution in [0.15, 0.2) is 84.9 Å². The van der Waals surface area contributed by atoms with E-state index >= 15 is 0 Å². The second-order valence-electron chi connectivity index (χ2n) is 26.1. The average Bonchev–Trinajstić information content (AvgIpc) is 3.69. The Bertz CT molecular complexity index is 3420. The van der Waals surface area contributed by atoms with Crippen molar-refractivity contribution in [1.29, 1.82) is 0 Å². The Balaban J connectivity index is 1.25. The SMILES string of the molecule is [B]c1c([B])c([B])c(-c2cc3c4c(c2)N(c2ccc5c(c2)C(C)(C)CCC5(C)C)c2c(sc5cc6c(cc25)C2(C)CCC6(C)CC2)B4c2cc(C(C)(C)C)ccc2N3c2ccc(C(C)(C)C)cc2)c([B])c1[B]. The molecular formula is C62H62B6N2S. The predicted molar refractivity (Wildman–Crippen MR) is 314 cm³/mol. The molecule has 10 radical (unpaired) electrons. The van der Waals surface area contributed by atoms with E-state index in [1.807, 2.05) is 11.3 Å². The molecule has 1 saturated carbocycles. The third-order valence-corrected chi connectivity index (χ3v) is 19.7. The van der Waals surface area contributed by atoms with E-state index in [1.165, 1.54) is 85.0 Å². The Labute approximate surface area is 435 Å². The van der Waals surface area contributed by atoms with Gasteiger partial charge in [0.05, 0.1) is 5.69 Å². The van der Waals surface area contributed by atoms with Crippen LogP contribution in [0, 0.1) is 0 Å². The minimum Gasteiger partial charge on any atom is -0.311 e. The van der Waals surface area contributed by atoms with Gasteiger partial charge in [-0.2, -0.15) is 0 Å². The molecule has 0 amide bonds. The molecule has 0 unspecified atom stereocenters. The van der Waals surface area contributed by atoms with Crippen LogP contribution in [0.5, 0.6) is 0 Å². The summed E-state index contributed by atoms with van der Waals surface area (Å²) in [6.45, 7) is 28.5. The fourth-order valence-electron chi connectivity index (χ4n) is 13.6. The average molecular weight is 932 g/mol. The first-order valence-corrected chi connectivity index (χ1v) is 26.9. The Morgan fingerprint density at radius 1 is 0.493 bits per heavy atom.